The highest BCUT2D eigenvalue weighted by Gasteiger charge is 2.71. The number of carbonyl (C=O) groups is 1. The number of pyridine rings is 1. The maximum atomic E-state index is 13.7. The molecule has 2 atom stereocenters. The standard InChI is InChI=1S/C23H29N5O4S/c24-7-1-3-18-21(4-2-8-25-18)33(30,31)23-12-16-9-15(10-17(13-23)28(16)23)26-22(29)19-11-20(32-27-19)14-5-6-14/h2,4,8,11,14-17H,1,3,5-7,9-10,12-13,24H2,(H,26,29). The number of carbonyl (C=O) groups excluding carboxylic acids is 1. The van der Waals surface area contributed by atoms with Gasteiger partial charge >= 0.3 is 0 Å². The summed E-state index contributed by atoms with van der Waals surface area (Å²) < 4.78 is 32.7. The van der Waals surface area contributed by atoms with Crippen LogP contribution in [0.25, 0.3) is 0 Å². The molecule has 9 nitrogen and oxygen atoms in total. The molecule has 0 spiro atoms. The van der Waals surface area contributed by atoms with E-state index >= 15 is 0 Å². The van der Waals surface area contributed by atoms with Crippen LogP contribution in [-0.2, 0) is 16.3 Å². The van der Waals surface area contributed by atoms with Crippen molar-refractivity contribution in [1.82, 2.24) is 20.4 Å². The first-order valence-corrected chi connectivity index (χ1v) is 13.4. The molecule has 0 radical (unpaired) electrons. The Morgan fingerprint density at radius 3 is 2.73 bits per heavy atom. The number of rotatable bonds is 8. The van der Waals surface area contributed by atoms with Crippen molar-refractivity contribution in [3.8, 4) is 0 Å². The first-order chi connectivity index (χ1) is 15.9. The number of nitrogens with one attached hydrogen (secondary N) is 1. The van der Waals surface area contributed by atoms with Gasteiger partial charge in [0.2, 0.25) is 0 Å². The van der Waals surface area contributed by atoms with Crippen molar-refractivity contribution in [2.75, 3.05) is 6.54 Å². The predicted molar refractivity (Wildman–Crippen MR) is 119 cm³/mol. The smallest absolute Gasteiger partial charge is 0.273 e. The van der Waals surface area contributed by atoms with E-state index in [0.29, 0.717) is 54.4 Å². The van der Waals surface area contributed by atoms with Gasteiger partial charge in [0.25, 0.3) is 5.91 Å². The highest BCUT2D eigenvalue weighted by atomic mass is 32.2. The summed E-state index contributed by atoms with van der Waals surface area (Å²) >= 11 is 0. The van der Waals surface area contributed by atoms with Crippen LogP contribution in [0.5, 0.6) is 0 Å². The Kier molecular flexibility index (Phi) is 4.90. The summed E-state index contributed by atoms with van der Waals surface area (Å²) in [5.74, 6) is 1.00. The van der Waals surface area contributed by atoms with Crippen LogP contribution in [0.4, 0.5) is 0 Å². The van der Waals surface area contributed by atoms with Gasteiger partial charge in [0, 0.05) is 36.3 Å². The largest absolute Gasteiger partial charge is 0.360 e. The molecular formula is C23H29N5O4S. The van der Waals surface area contributed by atoms with Crippen LogP contribution >= 0.6 is 0 Å². The van der Waals surface area contributed by atoms with Gasteiger partial charge in [-0.15, -0.1) is 0 Å². The minimum atomic E-state index is -3.54. The third-order valence-electron chi connectivity index (χ3n) is 7.81. The number of nitrogens with two attached hydrogens (primary N) is 1. The zero-order chi connectivity index (χ0) is 22.8. The molecule has 6 rings (SSSR count). The first-order valence-electron chi connectivity index (χ1n) is 11.9. The Labute approximate surface area is 193 Å². The van der Waals surface area contributed by atoms with E-state index in [-0.39, 0.29) is 24.0 Å². The summed E-state index contributed by atoms with van der Waals surface area (Å²) in [5.41, 5.74) is 6.58. The second-order valence-corrected chi connectivity index (χ2v) is 12.2. The van der Waals surface area contributed by atoms with Crippen LogP contribution in [0, 0.1) is 0 Å². The molecule has 2 unspecified atom stereocenters. The first kappa shape index (κ1) is 21.2. The molecule has 3 aliphatic heterocycles. The fourth-order valence-electron chi connectivity index (χ4n) is 6.13. The Morgan fingerprint density at radius 2 is 2.03 bits per heavy atom. The van der Waals surface area contributed by atoms with Gasteiger partial charge < -0.3 is 15.6 Å². The number of hydrogen-bond donors (Lipinski definition) is 2. The van der Waals surface area contributed by atoms with E-state index in [2.05, 4.69) is 20.4 Å². The van der Waals surface area contributed by atoms with E-state index in [9.17, 15) is 13.2 Å². The summed E-state index contributed by atoms with van der Waals surface area (Å²) in [4.78, 5) is 18.7. The van der Waals surface area contributed by atoms with Crippen molar-refractivity contribution in [3.63, 3.8) is 0 Å². The maximum absolute atomic E-state index is 13.7. The molecule has 0 aromatic carbocycles. The van der Waals surface area contributed by atoms with Gasteiger partial charge in [-0.25, -0.2) is 8.42 Å². The minimum Gasteiger partial charge on any atom is -0.360 e. The third kappa shape index (κ3) is 3.25. The molecule has 3 N–H and O–H groups in total. The Balaban J connectivity index is 1.14. The van der Waals surface area contributed by atoms with E-state index in [1.807, 2.05) is 0 Å². The van der Waals surface area contributed by atoms with Crippen LogP contribution in [0.1, 0.15) is 72.8 Å². The summed E-state index contributed by atoms with van der Waals surface area (Å²) in [6, 6.07) is 5.49. The lowest BCUT2D eigenvalue weighted by molar-refractivity contribution is -0.176. The molecular weight excluding hydrogens is 442 g/mol. The Bertz CT molecular complexity index is 1170. The van der Waals surface area contributed by atoms with Gasteiger partial charge in [-0.2, -0.15) is 0 Å². The van der Waals surface area contributed by atoms with Crippen molar-refractivity contribution in [3.05, 3.63) is 41.5 Å². The molecule has 2 aromatic rings. The quantitative estimate of drug-likeness (QED) is 0.595. The van der Waals surface area contributed by atoms with E-state index in [0.717, 1.165) is 31.4 Å². The lowest BCUT2D eigenvalue weighted by Crippen LogP contribution is -2.84. The molecule has 33 heavy (non-hydrogen) atoms. The molecule has 3 saturated heterocycles. The predicted octanol–water partition coefficient (Wildman–Crippen LogP) is 1.75. The number of aromatic nitrogens is 2. The Hall–Kier alpha value is -2.30. The molecule has 4 aliphatic rings. The van der Waals surface area contributed by atoms with Gasteiger partial charge in [-0.05, 0) is 70.0 Å². The molecule has 1 saturated carbocycles. The Morgan fingerprint density at radius 1 is 1.27 bits per heavy atom. The number of amides is 1. The maximum Gasteiger partial charge on any atom is 0.273 e. The lowest BCUT2D eigenvalue weighted by Gasteiger charge is -2.72. The number of sulfone groups is 1. The van der Waals surface area contributed by atoms with Gasteiger partial charge in [0.1, 0.15) is 10.6 Å². The third-order valence-corrected chi connectivity index (χ3v) is 10.3. The number of hydrogen-bond acceptors (Lipinski definition) is 8. The van der Waals surface area contributed by atoms with Crippen molar-refractivity contribution < 1.29 is 17.7 Å². The average Bonchev–Trinajstić information content (AvgIpc) is 3.50. The summed E-state index contributed by atoms with van der Waals surface area (Å²) in [6.45, 7) is 0.501. The van der Waals surface area contributed by atoms with Crippen LogP contribution in [0.2, 0.25) is 0 Å². The average molecular weight is 472 g/mol. The SMILES string of the molecule is NCCCc1ncccc1S(=O)(=O)C12CC3CC(NC(=O)c4cc(C5CC5)on4)CC(C1)N32. The normalized spacial score (nSPS) is 30.8. The summed E-state index contributed by atoms with van der Waals surface area (Å²) in [5, 5.41) is 7.04. The van der Waals surface area contributed by atoms with Crippen molar-refractivity contribution in [1.29, 1.82) is 0 Å². The summed E-state index contributed by atoms with van der Waals surface area (Å²) in [6.07, 6.45) is 7.79. The van der Waals surface area contributed by atoms with Crippen molar-refractivity contribution in [2.24, 2.45) is 5.73 Å². The number of piperidine rings is 2. The van der Waals surface area contributed by atoms with Crippen LogP contribution in [0.15, 0.2) is 33.8 Å². The fourth-order valence-corrected chi connectivity index (χ4v) is 8.67. The monoisotopic (exact) mass is 471 g/mol. The molecule has 5 heterocycles. The highest BCUT2D eigenvalue weighted by molar-refractivity contribution is 7.93. The molecule has 0 bridgehead atoms. The van der Waals surface area contributed by atoms with Gasteiger partial charge in [0.05, 0.1) is 10.6 Å². The van der Waals surface area contributed by atoms with E-state index in [4.69, 9.17) is 10.3 Å². The number of aryl methyl sites for hydroxylation is 1. The second-order valence-electron chi connectivity index (χ2n) is 9.94. The van der Waals surface area contributed by atoms with Crippen molar-refractivity contribution >= 4 is 15.7 Å². The molecule has 176 valence electrons. The summed E-state index contributed by atoms with van der Waals surface area (Å²) in [7, 11) is -3.54. The van der Waals surface area contributed by atoms with Gasteiger partial charge in [-0.1, -0.05) is 5.16 Å². The van der Waals surface area contributed by atoms with Crippen LogP contribution in [-0.4, -0.2) is 58.9 Å². The van der Waals surface area contributed by atoms with Gasteiger partial charge in [0.15, 0.2) is 15.5 Å². The fraction of sp³-hybridized carbons (Fsp3) is 0.609. The minimum absolute atomic E-state index is 0.0179. The molecule has 1 amide bonds. The lowest BCUT2D eigenvalue weighted by atomic mass is 9.67. The van der Waals surface area contributed by atoms with Crippen molar-refractivity contribution in [2.45, 2.75) is 85.2 Å². The zero-order valence-electron chi connectivity index (χ0n) is 18.4. The second kappa shape index (κ2) is 7.61. The van der Waals surface area contributed by atoms with Gasteiger partial charge in [-0.3, -0.25) is 14.7 Å². The highest BCUT2D eigenvalue weighted by Crippen LogP contribution is 2.60. The van der Waals surface area contributed by atoms with E-state index in [1.54, 1.807) is 24.4 Å². The molecule has 4 fully saturated rings. The van der Waals surface area contributed by atoms with E-state index < -0.39 is 14.7 Å². The number of nitrogens with zero attached hydrogens (tertiary/aromatic N) is 3. The molecule has 1 aliphatic carbocycles. The zero-order valence-corrected chi connectivity index (χ0v) is 19.3. The molecule has 10 heteroatoms. The van der Waals surface area contributed by atoms with E-state index in [1.165, 1.54) is 0 Å². The van der Waals surface area contributed by atoms with Crippen LogP contribution in [0.3, 0.4) is 0 Å². The van der Waals surface area contributed by atoms with Crippen LogP contribution < -0.4 is 11.1 Å². The topological polar surface area (TPSA) is 131 Å². The molecule has 2 aromatic heterocycles.